The number of carbonyl (C=O) groups is 3. The summed E-state index contributed by atoms with van der Waals surface area (Å²) in [7, 11) is 1.34. The molecule has 128 valence electrons. The number of carboxylic acids is 1. The van der Waals surface area contributed by atoms with Crippen LogP contribution in [0.2, 0.25) is 0 Å². The molecule has 3 unspecified atom stereocenters. The molecule has 2 rings (SSSR count). The predicted molar refractivity (Wildman–Crippen MR) is 80.0 cm³/mol. The first-order valence-corrected chi connectivity index (χ1v) is 7.91. The minimum atomic E-state index is -0.957. The highest BCUT2D eigenvalue weighted by atomic mass is 16.7. The van der Waals surface area contributed by atoms with Crippen molar-refractivity contribution < 1.29 is 29.1 Å². The maximum Gasteiger partial charge on any atom is 0.357 e. The Labute approximate surface area is 135 Å². The van der Waals surface area contributed by atoms with Gasteiger partial charge in [-0.05, 0) is 37.0 Å². The van der Waals surface area contributed by atoms with E-state index in [1.165, 1.54) is 13.5 Å². The van der Waals surface area contributed by atoms with Crippen molar-refractivity contribution in [3.8, 4) is 0 Å². The third-order valence-electron chi connectivity index (χ3n) is 4.34. The van der Waals surface area contributed by atoms with Crippen molar-refractivity contribution in [3.63, 3.8) is 0 Å². The van der Waals surface area contributed by atoms with E-state index in [9.17, 15) is 14.4 Å². The van der Waals surface area contributed by atoms with Gasteiger partial charge in [-0.2, -0.15) is 5.06 Å². The maximum absolute atomic E-state index is 11.6. The Kier molecular flexibility index (Phi) is 6.15. The first-order chi connectivity index (χ1) is 11.0. The Morgan fingerprint density at radius 3 is 2.61 bits per heavy atom. The van der Waals surface area contributed by atoms with E-state index in [0.717, 1.165) is 11.5 Å². The summed E-state index contributed by atoms with van der Waals surface area (Å²) >= 11 is 0. The Bertz CT molecular complexity index is 489. The van der Waals surface area contributed by atoms with Crippen molar-refractivity contribution in [2.45, 2.75) is 32.1 Å². The van der Waals surface area contributed by atoms with Crippen LogP contribution in [-0.4, -0.2) is 48.3 Å². The van der Waals surface area contributed by atoms with Gasteiger partial charge in [0.05, 0.1) is 6.61 Å². The van der Waals surface area contributed by atoms with Gasteiger partial charge in [0.2, 0.25) is 0 Å². The zero-order valence-corrected chi connectivity index (χ0v) is 13.3. The average Bonchev–Trinajstić information content (AvgIpc) is 3.09. The van der Waals surface area contributed by atoms with Crippen LogP contribution in [0.3, 0.4) is 0 Å². The van der Waals surface area contributed by atoms with Crippen molar-refractivity contribution in [3.05, 3.63) is 12.2 Å². The number of carboxylic acid groups (broad SMARTS) is 1. The number of fused-ring (bicyclic) bond motifs is 2. The molecule has 0 saturated heterocycles. The van der Waals surface area contributed by atoms with Gasteiger partial charge in [-0.15, -0.1) is 0 Å². The standard InChI is InChI=1S/C16H23NO6/c1-17(14(18)3-2-4-15(19)20)23-16(21)10-22-9-13-8-11-5-6-12(13)7-11/h5-6,11-13H,2-4,7-10H2,1H3,(H,19,20). The number of ether oxygens (including phenoxy) is 1. The molecule has 7 heteroatoms. The van der Waals surface area contributed by atoms with Crippen LogP contribution in [0.4, 0.5) is 0 Å². The van der Waals surface area contributed by atoms with E-state index in [-0.39, 0.29) is 25.9 Å². The molecule has 3 atom stereocenters. The molecule has 0 spiro atoms. The quantitative estimate of drug-likeness (QED) is 0.535. The Morgan fingerprint density at radius 2 is 2.00 bits per heavy atom. The smallest absolute Gasteiger partial charge is 0.357 e. The second kappa shape index (κ2) is 8.10. The summed E-state index contributed by atoms with van der Waals surface area (Å²) in [6, 6.07) is 0. The van der Waals surface area contributed by atoms with E-state index >= 15 is 0 Å². The number of rotatable bonds is 8. The molecule has 0 aromatic carbocycles. The molecule has 2 aliphatic carbocycles. The van der Waals surface area contributed by atoms with E-state index in [4.69, 9.17) is 14.7 Å². The van der Waals surface area contributed by atoms with Crippen LogP contribution in [0.25, 0.3) is 0 Å². The number of nitrogens with zero attached hydrogens (tertiary/aromatic N) is 1. The van der Waals surface area contributed by atoms with Gasteiger partial charge in [0.25, 0.3) is 5.91 Å². The second-order valence-corrected chi connectivity index (χ2v) is 6.16. The van der Waals surface area contributed by atoms with Crippen LogP contribution in [0.1, 0.15) is 32.1 Å². The molecule has 0 radical (unpaired) electrons. The Hall–Kier alpha value is -1.89. The minimum Gasteiger partial charge on any atom is -0.481 e. The predicted octanol–water partition coefficient (Wildman–Crippen LogP) is 1.39. The van der Waals surface area contributed by atoms with Gasteiger partial charge < -0.3 is 14.7 Å². The van der Waals surface area contributed by atoms with Crippen molar-refractivity contribution in [1.82, 2.24) is 5.06 Å². The zero-order valence-electron chi connectivity index (χ0n) is 13.3. The SMILES string of the molecule is CN(OC(=O)COCC1CC2C=CC1C2)C(=O)CCCC(=O)O. The molecule has 0 heterocycles. The number of hydrogen-bond acceptors (Lipinski definition) is 5. The van der Waals surface area contributed by atoms with Gasteiger partial charge in [0.15, 0.2) is 0 Å². The molecule has 23 heavy (non-hydrogen) atoms. The van der Waals surface area contributed by atoms with Crippen LogP contribution in [0.5, 0.6) is 0 Å². The molecule has 1 saturated carbocycles. The number of hydrogen-bond donors (Lipinski definition) is 1. The fourth-order valence-electron chi connectivity index (χ4n) is 3.16. The Morgan fingerprint density at radius 1 is 1.22 bits per heavy atom. The molecular formula is C16H23NO6. The highest BCUT2D eigenvalue weighted by Crippen LogP contribution is 2.43. The van der Waals surface area contributed by atoms with Crippen LogP contribution < -0.4 is 0 Å². The molecule has 1 N–H and O–H groups in total. The zero-order chi connectivity index (χ0) is 16.8. The molecular weight excluding hydrogens is 302 g/mol. The third-order valence-corrected chi connectivity index (χ3v) is 4.34. The van der Waals surface area contributed by atoms with E-state index in [1.807, 2.05) is 0 Å². The largest absolute Gasteiger partial charge is 0.481 e. The summed E-state index contributed by atoms with van der Waals surface area (Å²) < 4.78 is 5.40. The van der Waals surface area contributed by atoms with Crippen molar-refractivity contribution in [2.24, 2.45) is 17.8 Å². The van der Waals surface area contributed by atoms with E-state index in [2.05, 4.69) is 12.2 Å². The monoisotopic (exact) mass is 325 g/mol. The summed E-state index contributed by atoms with van der Waals surface area (Å²) in [6.07, 6.45) is 6.92. The van der Waals surface area contributed by atoms with Crippen LogP contribution in [0.15, 0.2) is 12.2 Å². The molecule has 2 bridgehead atoms. The fourth-order valence-corrected chi connectivity index (χ4v) is 3.16. The van der Waals surface area contributed by atoms with Crippen molar-refractivity contribution in [1.29, 1.82) is 0 Å². The van der Waals surface area contributed by atoms with E-state index in [0.29, 0.717) is 24.4 Å². The highest BCUT2D eigenvalue weighted by Gasteiger charge is 2.35. The number of hydroxylamine groups is 2. The molecule has 0 aliphatic heterocycles. The average molecular weight is 325 g/mol. The summed E-state index contributed by atoms with van der Waals surface area (Å²) in [5.74, 6) is -0.324. The molecule has 2 aliphatic rings. The summed E-state index contributed by atoms with van der Waals surface area (Å²) in [5, 5.41) is 9.35. The first-order valence-electron chi connectivity index (χ1n) is 7.91. The topological polar surface area (TPSA) is 93.1 Å². The lowest BCUT2D eigenvalue weighted by Crippen LogP contribution is -2.31. The normalized spacial score (nSPS) is 24.7. The lowest BCUT2D eigenvalue weighted by molar-refractivity contribution is -0.196. The Balaban J connectivity index is 1.57. The van der Waals surface area contributed by atoms with Gasteiger partial charge in [0, 0.05) is 19.9 Å². The summed E-state index contributed by atoms with van der Waals surface area (Å²) in [6.45, 7) is 0.335. The van der Waals surface area contributed by atoms with Gasteiger partial charge in [0.1, 0.15) is 6.61 Å². The molecule has 1 amide bonds. The number of carbonyl (C=O) groups excluding carboxylic acids is 2. The van der Waals surface area contributed by atoms with E-state index in [1.54, 1.807) is 0 Å². The van der Waals surface area contributed by atoms with E-state index < -0.39 is 17.8 Å². The maximum atomic E-state index is 11.6. The van der Waals surface area contributed by atoms with Gasteiger partial charge in [-0.25, -0.2) is 4.79 Å². The lowest BCUT2D eigenvalue weighted by Gasteiger charge is -2.19. The van der Waals surface area contributed by atoms with Crippen LogP contribution in [0, 0.1) is 17.8 Å². The van der Waals surface area contributed by atoms with Crippen LogP contribution in [-0.2, 0) is 24.0 Å². The first kappa shape index (κ1) is 17.5. The number of allylic oxidation sites excluding steroid dienone is 2. The summed E-state index contributed by atoms with van der Waals surface area (Å²) in [5.41, 5.74) is 0. The molecule has 0 aromatic rings. The fraction of sp³-hybridized carbons (Fsp3) is 0.688. The van der Waals surface area contributed by atoms with Crippen molar-refractivity contribution in [2.75, 3.05) is 20.3 Å². The van der Waals surface area contributed by atoms with Gasteiger partial charge in [-0.1, -0.05) is 12.2 Å². The highest BCUT2D eigenvalue weighted by molar-refractivity contribution is 5.78. The molecule has 7 nitrogen and oxygen atoms in total. The van der Waals surface area contributed by atoms with Crippen LogP contribution >= 0.6 is 0 Å². The molecule has 0 aromatic heterocycles. The van der Waals surface area contributed by atoms with Crippen molar-refractivity contribution >= 4 is 17.8 Å². The second-order valence-electron chi connectivity index (χ2n) is 6.16. The molecule has 1 fully saturated rings. The number of aliphatic carboxylic acids is 1. The lowest BCUT2D eigenvalue weighted by atomic mass is 9.95. The minimum absolute atomic E-state index is 0.0222. The van der Waals surface area contributed by atoms with Gasteiger partial charge >= 0.3 is 11.9 Å². The number of amides is 1. The van der Waals surface area contributed by atoms with Gasteiger partial charge in [-0.3, -0.25) is 9.59 Å². The third kappa shape index (κ3) is 5.35. The summed E-state index contributed by atoms with van der Waals surface area (Å²) in [4.78, 5) is 38.5.